The fraction of sp³-hybridized carbons (Fsp3) is 0.474. The van der Waals surface area contributed by atoms with Crippen molar-refractivity contribution in [2.75, 3.05) is 20.7 Å². The topological polar surface area (TPSA) is 59.4 Å². The molecule has 1 heterocycles. The second-order valence-corrected chi connectivity index (χ2v) is 6.72. The molecule has 1 atom stereocenters. The number of methoxy groups -OCH3 is 1. The summed E-state index contributed by atoms with van der Waals surface area (Å²) in [7, 11) is 5.38. The molecule has 0 aliphatic heterocycles. The van der Waals surface area contributed by atoms with Crippen molar-refractivity contribution in [1.29, 1.82) is 0 Å². The number of carbonyl (C=O) groups excluding carboxylic acids is 1. The highest BCUT2D eigenvalue weighted by Crippen LogP contribution is 2.33. The monoisotopic (exact) mass is 342 g/mol. The van der Waals surface area contributed by atoms with Gasteiger partial charge in [-0.05, 0) is 42.5 Å². The molecule has 1 aromatic heterocycles. The lowest BCUT2D eigenvalue weighted by atomic mass is 9.82. The minimum Gasteiger partial charge on any atom is -0.497 e. The third-order valence-corrected chi connectivity index (χ3v) is 4.81. The first-order valence-corrected chi connectivity index (χ1v) is 8.70. The highest BCUT2D eigenvalue weighted by Gasteiger charge is 2.22. The molecule has 0 spiro atoms. The first-order chi connectivity index (χ1) is 12.1. The molecule has 0 bridgehead atoms. The van der Waals surface area contributed by atoms with Crippen LogP contribution in [0.5, 0.6) is 5.75 Å². The highest BCUT2D eigenvalue weighted by atomic mass is 16.5. The molecule has 2 amide bonds. The molecule has 25 heavy (non-hydrogen) atoms. The van der Waals surface area contributed by atoms with Crippen molar-refractivity contribution in [3.8, 4) is 5.75 Å². The van der Waals surface area contributed by atoms with Gasteiger partial charge in [0, 0.05) is 38.3 Å². The minimum absolute atomic E-state index is 0.0514. The van der Waals surface area contributed by atoms with Gasteiger partial charge in [0.15, 0.2) is 0 Å². The second kappa shape index (κ2) is 7.59. The number of nitrogens with one attached hydrogen (secondary N) is 1. The summed E-state index contributed by atoms with van der Waals surface area (Å²) in [4.78, 5) is 14.1. The molecular weight excluding hydrogens is 316 g/mol. The molecule has 134 valence electrons. The van der Waals surface area contributed by atoms with Crippen molar-refractivity contribution < 1.29 is 9.53 Å². The van der Waals surface area contributed by atoms with Crippen LogP contribution >= 0.6 is 0 Å². The molecule has 6 heteroatoms. The molecule has 1 aromatic carbocycles. The zero-order chi connectivity index (χ0) is 17.8. The van der Waals surface area contributed by atoms with E-state index >= 15 is 0 Å². The van der Waals surface area contributed by atoms with E-state index in [4.69, 9.17) is 4.74 Å². The van der Waals surface area contributed by atoms with Gasteiger partial charge in [-0.1, -0.05) is 6.07 Å². The number of aromatic nitrogens is 2. The van der Waals surface area contributed by atoms with Crippen LogP contribution in [0.1, 0.15) is 35.4 Å². The Hall–Kier alpha value is -2.50. The summed E-state index contributed by atoms with van der Waals surface area (Å²) >= 11 is 0. The summed E-state index contributed by atoms with van der Waals surface area (Å²) in [5, 5.41) is 7.21. The van der Waals surface area contributed by atoms with Gasteiger partial charge in [-0.3, -0.25) is 4.68 Å². The van der Waals surface area contributed by atoms with Crippen LogP contribution in [0.15, 0.2) is 30.6 Å². The van der Waals surface area contributed by atoms with Crippen LogP contribution in [0.2, 0.25) is 0 Å². The second-order valence-electron chi connectivity index (χ2n) is 6.72. The zero-order valence-corrected chi connectivity index (χ0v) is 15.2. The molecule has 1 N–H and O–H groups in total. The molecule has 1 aliphatic rings. The van der Waals surface area contributed by atoms with Gasteiger partial charge >= 0.3 is 6.03 Å². The number of aryl methyl sites for hydroxylation is 2. The van der Waals surface area contributed by atoms with Gasteiger partial charge in [0.1, 0.15) is 5.75 Å². The number of hydrogen-bond acceptors (Lipinski definition) is 3. The maximum Gasteiger partial charge on any atom is 0.317 e. The van der Waals surface area contributed by atoms with E-state index in [1.165, 1.54) is 11.1 Å². The van der Waals surface area contributed by atoms with Crippen LogP contribution in [0.25, 0.3) is 0 Å². The fourth-order valence-electron chi connectivity index (χ4n) is 3.47. The molecule has 0 saturated carbocycles. The number of amides is 2. The Kier molecular flexibility index (Phi) is 5.26. The number of carbonyl (C=O) groups is 1. The summed E-state index contributed by atoms with van der Waals surface area (Å²) < 4.78 is 7.06. The molecule has 0 radical (unpaired) electrons. The lowest BCUT2D eigenvalue weighted by Crippen LogP contribution is -2.39. The van der Waals surface area contributed by atoms with Crippen molar-refractivity contribution in [3.63, 3.8) is 0 Å². The van der Waals surface area contributed by atoms with Crippen LogP contribution in [-0.4, -0.2) is 41.4 Å². The van der Waals surface area contributed by atoms with Gasteiger partial charge in [0.2, 0.25) is 0 Å². The molecule has 0 saturated heterocycles. The predicted molar refractivity (Wildman–Crippen MR) is 96.7 cm³/mol. The standard InChI is InChI=1S/C19H26N4O2/c1-22(12-14-10-21-23(2)13-14)19(24)20-11-16-6-4-5-15-9-17(25-3)7-8-18(15)16/h7-10,13,16H,4-6,11-12H2,1-3H3,(H,20,24)/t16-/m0/s1. The van der Waals surface area contributed by atoms with Crippen molar-refractivity contribution in [2.45, 2.75) is 31.7 Å². The highest BCUT2D eigenvalue weighted by molar-refractivity contribution is 5.73. The van der Waals surface area contributed by atoms with Crippen molar-refractivity contribution in [3.05, 3.63) is 47.3 Å². The molecule has 1 aliphatic carbocycles. The quantitative estimate of drug-likeness (QED) is 0.909. The molecule has 0 unspecified atom stereocenters. The van der Waals surface area contributed by atoms with Gasteiger partial charge in [-0.25, -0.2) is 4.79 Å². The first-order valence-electron chi connectivity index (χ1n) is 8.70. The number of fused-ring (bicyclic) bond motifs is 1. The Morgan fingerprint density at radius 1 is 1.48 bits per heavy atom. The number of nitrogens with zero attached hydrogens (tertiary/aromatic N) is 3. The van der Waals surface area contributed by atoms with E-state index in [2.05, 4.69) is 22.5 Å². The maximum atomic E-state index is 12.4. The van der Waals surface area contributed by atoms with Crippen molar-refractivity contribution in [2.24, 2.45) is 7.05 Å². The molecule has 6 nitrogen and oxygen atoms in total. The van der Waals surface area contributed by atoms with Crippen molar-refractivity contribution in [1.82, 2.24) is 20.0 Å². The lowest BCUT2D eigenvalue weighted by molar-refractivity contribution is 0.206. The SMILES string of the molecule is COc1ccc2c(c1)CCC[C@H]2CNC(=O)N(C)Cc1cnn(C)c1. The van der Waals surface area contributed by atoms with Gasteiger partial charge in [0.05, 0.1) is 19.9 Å². The Bertz CT molecular complexity index is 741. The lowest BCUT2D eigenvalue weighted by Gasteiger charge is -2.27. The van der Waals surface area contributed by atoms with E-state index in [1.54, 1.807) is 22.9 Å². The Balaban J connectivity index is 1.57. The summed E-state index contributed by atoms with van der Waals surface area (Å²) in [6.07, 6.45) is 7.04. The van der Waals surface area contributed by atoms with E-state index < -0.39 is 0 Å². The first kappa shape index (κ1) is 17.3. The van der Waals surface area contributed by atoms with Crippen molar-refractivity contribution >= 4 is 6.03 Å². The molecule has 2 aromatic rings. The summed E-state index contributed by atoms with van der Waals surface area (Å²) in [6.45, 7) is 1.22. The minimum atomic E-state index is -0.0514. The smallest absolute Gasteiger partial charge is 0.317 e. The van der Waals surface area contributed by atoms with Gasteiger partial charge < -0.3 is 15.0 Å². The normalized spacial score (nSPS) is 16.2. The van der Waals surface area contributed by atoms with Crippen LogP contribution in [0, 0.1) is 0 Å². The number of ether oxygens (including phenoxy) is 1. The van der Waals surface area contributed by atoms with E-state index in [-0.39, 0.29) is 6.03 Å². The van der Waals surface area contributed by atoms with Gasteiger partial charge in [-0.15, -0.1) is 0 Å². The van der Waals surface area contributed by atoms with Crippen LogP contribution in [-0.2, 0) is 20.0 Å². The Morgan fingerprint density at radius 3 is 3.04 bits per heavy atom. The number of urea groups is 1. The molecule has 3 rings (SSSR count). The third-order valence-electron chi connectivity index (χ3n) is 4.81. The van der Waals surface area contributed by atoms with E-state index in [0.29, 0.717) is 19.0 Å². The number of rotatable bonds is 5. The largest absolute Gasteiger partial charge is 0.497 e. The number of benzene rings is 1. The van der Waals surface area contributed by atoms with Gasteiger partial charge in [0.25, 0.3) is 0 Å². The van der Waals surface area contributed by atoms with Crippen LogP contribution in [0.4, 0.5) is 4.79 Å². The van der Waals surface area contributed by atoms with E-state index in [1.807, 2.05) is 26.4 Å². The molecule has 0 fully saturated rings. The maximum absolute atomic E-state index is 12.4. The predicted octanol–water partition coefficient (Wildman–Crippen LogP) is 2.69. The Labute approximate surface area is 148 Å². The average molecular weight is 342 g/mol. The van der Waals surface area contributed by atoms with E-state index in [0.717, 1.165) is 30.6 Å². The van der Waals surface area contributed by atoms with Crippen LogP contribution in [0.3, 0.4) is 0 Å². The Morgan fingerprint density at radius 2 is 2.32 bits per heavy atom. The summed E-state index contributed by atoms with van der Waals surface area (Å²) in [5.41, 5.74) is 3.70. The third kappa shape index (κ3) is 4.13. The summed E-state index contributed by atoms with van der Waals surface area (Å²) in [5.74, 6) is 1.27. The fourth-order valence-corrected chi connectivity index (χ4v) is 3.47. The number of hydrogen-bond donors (Lipinski definition) is 1. The van der Waals surface area contributed by atoms with E-state index in [9.17, 15) is 4.79 Å². The average Bonchev–Trinajstić information content (AvgIpc) is 3.03. The zero-order valence-electron chi connectivity index (χ0n) is 15.2. The summed E-state index contributed by atoms with van der Waals surface area (Å²) in [6, 6.07) is 6.22. The van der Waals surface area contributed by atoms with Crippen LogP contribution < -0.4 is 10.1 Å². The van der Waals surface area contributed by atoms with Gasteiger partial charge in [-0.2, -0.15) is 5.10 Å². The molecular formula is C19H26N4O2.